The van der Waals surface area contributed by atoms with Crippen molar-refractivity contribution in [3.63, 3.8) is 0 Å². The lowest BCUT2D eigenvalue weighted by atomic mass is 9.62. The third-order valence-corrected chi connectivity index (χ3v) is 7.79. The van der Waals surface area contributed by atoms with Gasteiger partial charge in [-0.3, -0.25) is 19.3 Å². The zero-order valence-corrected chi connectivity index (χ0v) is 19.5. The predicted octanol–water partition coefficient (Wildman–Crippen LogP) is 1.97. The highest BCUT2D eigenvalue weighted by Crippen LogP contribution is 2.50. The second-order valence-corrected chi connectivity index (χ2v) is 9.90. The number of ketones is 2. The third kappa shape index (κ3) is 3.90. The number of Topliss-reactive ketones (excluding diaryl/α,β-unsaturated/α-hetero) is 2. The molecule has 4 rings (SSSR count). The molecule has 0 bridgehead atoms. The van der Waals surface area contributed by atoms with Gasteiger partial charge in [-0.05, 0) is 58.2 Å². The van der Waals surface area contributed by atoms with E-state index >= 15 is 4.39 Å². The molecule has 1 aliphatic heterocycles. The van der Waals surface area contributed by atoms with Crippen LogP contribution in [0.25, 0.3) is 5.76 Å². The summed E-state index contributed by atoms with van der Waals surface area (Å²) < 4.78 is 15.7. The summed E-state index contributed by atoms with van der Waals surface area (Å²) in [5, 5.41) is 41.9. The Labute approximate surface area is 201 Å². The van der Waals surface area contributed by atoms with E-state index in [-0.39, 0.29) is 47.6 Å². The summed E-state index contributed by atoms with van der Waals surface area (Å²) in [6.07, 6.45) is 1.42. The molecule has 1 saturated carbocycles. The summed E-state index contributed by atoms with van der Waals surface area (Å²) in [6.45, 7) is 1.99. The maximum Gasteiger partial charge on any atom is 0.255 e. The van der Waals surface area contributed by atoms with Gasteiger partial charge in [0, 0.05) is 35.1 Å². The van der Waals surface area contributed by atoms with Gasteiger partial charge in [-0.15, -0.1) is 0 Å². The maximum absolute atomic E-state index is 15.7. The van der Waals surface area contributed by atoms with Gasteiger partial charge in [0.1, 0.15) is 28.5 Å². The monoisotopic (exact) mass is 488 g/mol. The van der Waals surface area contributed by atoms with Crippen molar-refractivity contribution in [1.29, 1.82) is 0 Å². The highest BCUT2D eigenvalue weighted by molar-refractivity contribution is 6.19. The van der Waals surface area contributed by atoms with E-state index < -0.39 is 58.5 Å². The molecule has 0 spiro atoms. The largest absolute Gasteiger partial charge is 0.515 e. The third-order valence-electron chi connectivity index (χ3n) is 7.79. The van der Waals surface area contributed by atoms with Crippen LogP contribution in [0.2, 0.25) is 0 Å². The molecule has 2 aliphatic carbocycles. The number of rotatable bonds is 5. The molecule has 0 aromatic heterocycles. The fraction of sp³-hybridized carbons (Fsp3) is 0.480. The van der Waals surface area contributed by atoms with Crippen molar-refractivity contribution in [3.8, 4) is 5.75 Å². The molecule has 3 aliphatic rings. The van der Waals surface area contributed by atoms with Crippen LogP contribution in [0.3, 0.4) is 0 Å². The number of halogens is 1. The van der Waals surface area contributed by atoms with Gasteiger partial charge < -0.3 is 26.2 Å². The number of nitrogens with two attached hydrogens (primary N) is 1. The number of phenols is 1. The van der Waals surface area contributed by atoms with E-state index in [0.717, 1.165) is 13.0 Å². The smallest absolute Gasteiger partial charge is 0.255 e. The van der Waals surface area contributed by atoms with E-state index in [1.807, 2.05) is 11.9 Å². The molecule has 35 heavy (non-hydrogen) atoms. The molecule has 10 heteroatoms. The molecular weight excluding hydrogens is 459 g/mol. The summed E-state index contributed by atoms with van der Waals surface area (Å²) in [5.74, 6) is -6.03. The minimum atomic E-state index is -2.09. The van der Waals surface area contributed by atoms with Crippen molar-refractivity contribution in [2.75, 3.05) is 13.6 Å². The van der Waals surface area contributed by atoms with Crippen LogP contribution in [-0.2, 0) is 20.8 Å². The van der Waals surface area contributed by atoms with Crippen LogP contribution in [-0.4, -0.2) is 62.0 Å². The second kappa shape index (κ2) is 8.76. The number of likely N-dealkylation sites (tertiary alicyclic amines) is 1. The van der Waals surface area contributed by atoms with E-state index in [1.54, 1.807) is 0 Å². The highest BCUT2D eigenvalue weighted by atomic mass is 19.1. The van der Waals surface area contributed by atoms with E-state index in [2.05, 4.69) is 0 Å². The Morgan fingerprint density at radius 1 is 1.34 bits per heavy atom. The van der Waals surface area contributed by atoms with Gasteiger partial charge in [0.2, 0.25) is 0 Å². The van der Waals surface area contributed by atoms with Gasteiger partial charge >= 0.3 is 0 Å². The first-order valence-electron chi connectivity index (χ1n) is 11.5. The van der Waals surface area contributed by atoms with Gasteiger partial charge in [-0.2, -0.15) is 0 Å². The van der Waals surface area contributed by atoms with Crippen molar-refractivity contribution < 1.29 is 39.2 Å². The van der Waals surface area contributed by atoms with Gasteiger partial charge in [0.25, 0.3) is 5.91 Å². The van der Waals surface area contributed by atoms with E-state index in [1.165, 1.54) is 13.0 Å². The zero-order valence-electron chi connectivity index (χ0n) is 19.5. The number of aromatic hydroxyl groups is 1. The zero-order chi connectivity index (χ0) is 25.8. The highest BCUT2D eigenvalue weighted by Gasteiger charge is 2.52. The van der Waals surface area contributed by atoms with Crippen LogP contribution < -0.4 is 5.73 Å². The SMILES string of the molecule is CN1CCCC1c1cc(O)c2c(c1F)CC1C[C@@H](CC(=O)C(=CO)C(N)=O)[C@](C)(O)C(=O)C1=C2O. The standard InChI is InChI=1S/C25H29FN2O7/c1-25(35)12(8-17(30)15(10-29)24(27)34)6-11-7-14-20(22(32)19(11)23(25)33)18(31)9-13(21(14)26)16-4-3-5-28(16)2/h9-12,16,29,31-32,35H,3-8H2,1-2H3,(H2,27,34)/t11?,12-,16?,25-/m0/s1. The first-order chi connectivity index (χ1) is 16.4. The van der Waals surface area contributed by atoms with Crippen LogP contribution in [0.1, 0.15) is 55.3 Å². The number of phenolic OH excluding ortho intramolecular Hbond substituents is 1. The van der Waals surface area contributed by atoms with Gasteiger partial charge in [-0.25, -0.2) is 4.39 Å². The molecule has 1 amide bonds. The van der Waals surface area contributed by atoms with Gasteiger partial charge in [-0.1, -0.05) is 0 Å². The van der Waals surface area contributed by atoms with Crippen LogP contribution in [0.15, 0.2) is 23.5 Å². The Morgan fingerprint density at radius 3 is 2.60 bits per heavy atom. The van der Waals surface area contributed by atoms with E-state index in [4.69, 9.17) is 5.73 Å². The molecule has 2 unspecified atom stereocenters. The molecule has 2 fully saturated rings. The number of primary amides is 1. The fourth-order valence-corrected chi connectivity index (χ4v) is 5.81. The number of aliphatic hydroxyl groups is 3. The van der Waals surface area contributed by atoms with Crippen molar-refractivity contribution in [3.05, 3.63) is 46.0 Å². The topological polar surface area (TPSA) is 161 Å². The molecule has 1 aromatic rings. The van der Waals surface area contributed by atoms with Crippen LogP contribution in [0.4, 0.5) is 4.39 Å². The first-order valence-corrected chi connectivity index (χ1v) is 11.5. The number of fused-ring (bicyclic) bond motifs is 2. The predicted molar refractivity (Wildman–Crippen MR) is 123 cm³/mol. The summed E-state index contributed by atoms with van der Waals surface area (Å²) in [6, 6.07) is 1.06. The number of benzene rings is 1. The first kappa shape index (κ1) is 24.9. The summed E-state index contributed by atoms with van der Waals surface area (Å²) >= 11 is 0. The van der Waals surface area contributed by atoms with Crippen molar-refractivity contribution in [1.82, 2.24) is 4.90 Å². The lowest BCUT2D eigenvalue weighted by molar-refractivity contribution is -0.143. The van der Waals surface area contributed by atoms with Crippen LogP contribution in [0, 0.1) is 17.7 Å². The number of hydrogen-bond donors (Lipinski definition) is 5. The minimum absolute atomic E-state index is 0.0224. The molecule has 1 saturated heterocycles. The number of carbonyl (C=O) groups is 3. The van der Waals surface area contributed by atoms with Crippen LogP contribution in [0.5, 0.6) is 5.75 Å². The molecule has 9 nitrogen and oxygen atoms in total. The lowest BCUT2D eigenvalue weighted by Gasteiger charge is -2.43. The Hall–Kier alpha value is -3.24. The molecule has 6 N–H and O–H groups in total. The average Bonchev–Trinajstić information content (AvgIpc) is 3.20. The molecule has 4 atom stereocenters. The van der Waals surface area contributed by atoms with E-state index in [9.17, 15) is 34.8 Å². The molecule has 0 radical (unpaired) electrons. The summed E-state index contributed by atoms with van der Waals surface area (Å²) in [7, 11) is 1.87. The lowest BCUT2D eigenvalue weighted by Crippen LogP contribution is -2.52. The molecular formula is C25H29FN2O7. The number of carbonyl (C=O) groups excluding carboxylic acids is 3. The van der Waals surface area contributed by atoms with E-state index in [0.29, 0.717) is 12.0 Å². The Bertz CT molecular complexity index is 1190. The number of nitrogens with zero attached hydrogens (tertiary/aromatic N) is 1. The molecule has 1 heterocycles. The fourth-order valence-electron chi connectivity index (χ4n) is 5.81. The van der Waals surface area contributed by atoms with Gasteiger partial charge in [0.15, 0.2) is 11.6 Å². The molecule has 1 aromatic carbocycles. The maximum atomic E-state index is 15.7. The normalized spacial score (nSPS) is 29.2. The number of aliphatic hydroxyl groups excluding tert-OH is 2. The van der Waals surface area contributed by atoms with Crippen LogP contribution >= 0.6 is 0 Å². The van der Waals surface area contributed by atoms with Crippen molar-refractivity contribution in [2.24, 2.45) is 17.6 Å². The summed E-state index contributed by atoms with van der Waals surface area (Å²) in [4.78, 5) is 39.2. The quantitative estimate of drug-likeness (QED) is 0.182. The Kier molecular flexibility index (Phi) is 6.23. The second-order valence-electron chi connectivity index (χ2n) is 9.90. The summed E-state index contributed by atoms with van der Waals surface area (Å²) in [5.41, 5.74) is 2.47. The molecule has 188 valence electrons. The Balaban J connectivity index is 1.75. The average molecular weight is 489 g/mol. The minimum Gasteiger partial charge on any atom is -0.515 e. The number of hydrogen-bond acceptors (Lipinski definition) is 8. The number of amides is 1. The Morgan fingerprint density at radius 2 is 2.03 bits per heavy atom. The van der Waals surface area contributed by atoms with Crippen molar-refractivity contribution >= 4 is 23.2 Å². The van der Waals surface area contributed by atoms with Crippen molar-refractivity contribution in [2.45, 2.75) is 50.7 Å². The van der Waals surface area contributed by atoms with Gasteiger partial charge in [0.05, 0.1) is 11.8 Å².